The normalized spacial score (nSPS) is 11.4. The summed E-state index contributed by atoms with van der Waals surface area (Å²) < 4.78 is 62.0. The molecule has 0 aliphatic carbocycles. The highest BCUT2D eigenvalue weighted by molar-refractivity contribution is 7.93. The first-order valence-corrected chi connectivity index (χ1v) is 17.0. The number of esters is 1. The third-order valence-corrected chi connectivity index (χ3v) is 9.69. The van der Waals surface area contributed by atoms with Gasteiger partial charge in [0.15, 0.2) is 0 Å². The minimum absolute atomic E-state index is 0.0591. The van der Waals surface area contributed by atoms with Gasteiger partial charge < -0.3 is 9.84 Å². The standard InChI is InChI=1S/C30H25N7O11S2/c1-48-28(38)14-18-12-26-25(27(13-18)37(42)43)17-31-36(26)30(41)33-32-20-8-10-21(11-9-20)34-50(46,47)24-7-3-5-22(16-24)35-49(44,45)23-6-2-4-19(15-23)29(39)40/h2-13,15-17,32,34-35H,14H2,1H3,(H,33,41)(H,39,40). The maximum atomic E-state index is 13.1. The summed E-state index contributed by atoms with van der Waals surface area (Å²) in [7, 11) is -7.32. The molecule has 5 N–H and O–H groups in total. The van der Waals surface area contributed by atoms with Crippen molar-refractivity contribution in [2.24, 2.45) is 0 Å². The van der Waals surface area contributed by atoms with Crippen molar-refractivity contribution < 1.29 is 46.0 Å². The van der Waals surface area contributed by atoms with E-state index in [-0.39, 0.29) is 55.3 Å². The molecule has 20 heteroatoms. The van der Waals surface area contributed by atoms with Crippen LogP contribution in [0.25, 0.3) is 10.9 Å². The monoisotopic (exact) mass is 723 g/mol. The molecule has 1 heterocycles. The van der Waals surface area contributed by atoms with Gasteiger partial charge in [-0.25, -0.2) is 31.9 Å². The average Bonchev–Trinajstić information content (AvgIpc) is 3.51. The van der Waals surface area contributed by atoms with Gasteiger partial charge in [0.1, 0.15) is 0 Å². The van der Waals surface area contributed by atoms with Crippen LogP contribution in [0.15, 0.2) is 101 Å². The Morgan fingerprint density at radius 2 is 1.48 bits per heavy atom. The zero-order chi connectivity index (χ0) is 36.2. The number of amides is 1. The number of aromatic carboxylic acids is 1. The van der Waals surface area contributed by atoms with Gasteiger partial charge in [-0.2, -0.15) is 9.78 Å². The van der Waals surface area contributed by atoms with Crippen LogP contribution >= 0.6 is 0 Å². The average molecular weight is 724 g/mol. The molecule has 5 aromatic rings. The lowest BCUT2D eigenvalue weighted by Gasteiger charge is -2.13. The summed E-state index contributed by atoms with van der Waals surface area (Å²) in [5, 5.41) is 24.8. The summed E-state index contributed by atoms with van der Waals surface area (Å²) in [6.45, 7) is 0. The Morgan fingerprint density at radius 1 is 0.860 bits per heavy atom. The Hall–Kier alpha value is -6.54. The van der Waals surface area contributed by atoms with Gasteiger partial charge in [-0.3, -0.25) is 29.8 Å². The maximum Gasteiger partial charge on any atom is 0.361 e. The molecule has 0 fully saturated rings. The number of carboxylic acid groups (broad SMARTS) is 1. The summed E-state index contributed by atoms with van der Waals surface area (Å²) in [5.41, 5.74) is 5.01. The minimum Gasteiger partial charge on any atom is -0.478 e. The number of carbonyl (C=O) groups is 3. The van der Waals surface area contributed by atoms with E-state index in [1.54, 1.807) is 0 Å². The number of benzene rings is 4. The van der Waals surface area contributed by atoms with E-state index in [2.05, 4.69) is 30.1 Å². The Morgan fingerprint density at radius 3 is 2.12 bits per heavy atom. The molecular weight excluding hydrogens is 699 g/mol. The van der Waals surface area contributed by atoms with Gasteiger partial charge in [0.2, 0.25) is 0 Å². The number of non-ortho nitro benzene ring substituents is 1. The van der Waals surface area contributed by atoms with E-state index in [4.69, 9.17) is 5.11 Å². The van der Waals surface area contributed by atoms with Crippen LogP contribution in [0.3, 0.4) is 0 Å². The number of nitrogens with one attached hydrogen (secondary N) is 4. The number of aromatic nitrogens is 2. The van der Waals surface area contributed by atoms with Gasteiger partial charge in [0, 0.05) is 11.8 Å². The number of hydrogen-bond donors (Lipinski definition) is 5. The van der Waals surface area contributed by atoms with Crippen LogP contribution in [0.5, 0.6) is 0 Å². The number of nitro benzene ring substituents is 1. The first kappa shape index (κ1) is 34.8. The van der Waals surface area contributed by atoms with Crippen molar-refractivity contribution in [3.05, 3.63) is 112 Å². The van der Waals surface area contributed by atoms with Crippen LogP contribution in [-0.2, 0) is 36.0 Å². The van der Waals surface area contributed by atoms with Crippen LogP contribution in [0.1, 0.15) is 15.9 Å². The lowest BCUT2D eigenvalue weighted by Crippen LogP contribution is -2.34. The van der Waals surface area contributed by atoms with E-state index >= 15 is 0 Å². The van der Waals surface area contributed by atoms with Crippen molar-refractivity contribution in [3.63, 3.8) is 0 Å². The topological polar surface area (TPSA) is 258 Å². The number of nitro groups is 1. The molecule has 0 atom stereocenters. The largest absolute Gasteiger partial charge is 0.478 e. The van der Waals surface area contributed by atoms with E-state index in [1.165, 1.54) is 79.9 Å². The van der Waals surface area contributed by atoms with Gasteiger partial charge in [-0.15, -0.1) is 0 Å². The van der Waals surface area contributed by atoms with Crippen LogP contribution in [-0.4, -0.2) is 61.7 Å². The van der Waals surface area contributed by atoms with Crippen molar-refractivity contribution in [1.29, 1.82) is 0 Å². The maximum absolute atomic E-state index is 13.1. The summed E-state index contributed by atoms with van der Waals surface area (Å²) in [6, 6.07) is 17.0. The van der Waals surface area contributed by atoms with E-state index in [0.29, 0.717) is 5.69 Å². The first-order chi connectivity index (χ1) is 23.7. The predicted molar refractivity (Wildman–Crippen MR) is 178 cm³/mol. The number of hydrogen-bond acceptors (Lipinski definition) is 12. The second-order valence-electron chi connectivity index (χ2n) is 10.3. The van der Waals surface area contributed by atoms with Crippen molar-refractivity contribution in [2.75, 3.05) is 22.0 Å². The Kier molecular flexibility index (Phi) is 9.67. The molecule has 5 rings (SSSR count). The molecule has 18 nitrogen and oxygen atoms in total. The fraction of sp³-hybridized carbons (Fsp3) is 0.0667. The van der Waals surface area contributed by atoms with Gasteiger partial charge in [0.25, 0.3) is 25.7 Å². The number of carbonyl (C=O) groups excluding carboxylic acids is 2. The highest BCUT2D eigenvalue weighted by Crippen LogP contribution is 2.28. The van der Waals surface area contributed by atoms with Gasteiger partial charge in [-0.1, -0.05) is 12.1 Å². The molecule has 0 unspecified atom stereocenters. The van der Waals surface area contributed by atoms with Gasteiger partial charge >= 0.3 is 18.0 Å². The van der Waals surface area contributed by atoms with E-state index in [1.807, 2.05) is 0 Å². The van der Waals surface area contributed by atoms with Crippen molar-refractivity contribution in [2.45, 2.75) is 16.2 Å². The minimum atomic E-state index is -4.26. The van der Waals surface area contributed by atoms with Crippen molar-refractivity contribution >= 4 is 71.7 Å². The molecule has 0 spiro atoms. The summed E-state index contributed by atoms with van der Waals surface area (Å²) in [5.74, 6) is -1.96. The number of fused-ring (bicyclic) bond motifs is 1. The molecule has 0 saturated heterocycles. The molecule has 0 saturated carbocycles. The van der Waals surface area contributed by atoms with Crippen molar-refractivity contribution in [3.8, 4) is 0 Å². The number of methoxy groups -OCH3 is 1. The fourth-order valence-corrected chi connectivity index (χ4v) is 6.77. The smallest absolute Gasteiger partial charge is 0.361 e. The number of carboxylic acids is 1. The third kappa shape index (κ3) is 7.77. The Labute approximate surface area is 282 Å². The quantitative estimate of drug-likeness (QED) is 0.0702. The summed E-state index contributed by atoms with van der Waals surface area (Å²) in [6.07, 6.45) is 0.866. The van der Waals surface area contributed by atoms with Crippen LogP contribution in [0.2, 0.25) is 0 Å². The molecule has 1 aromatic heterocycles. The van der Waals surface area contributed by atoms with Crippen LogP contribution in [0.4, 0.5) is 27.5 Å². The van der Waals surface area contributed by atoms with E-state index in [9.17, 15) is 41.3 Å². The molecule has 1 amide bonds. The Balaban J connectivity index is 1.25. The summed E-state index contributed by atoms with van der Waals surface area (Å²) in [4.78, 5) is 46.2. The third-order valence-electron chi connectivity index (χ3n) is 6.93. The number of rotatable bonds is 12. The molecule has 50 heavy (non-hydrogen) atoms. The SMILES string of the molecule is COC(=O)Cc1cc([N+](=O)[O-])c2cnn(C(=O)NNc3ccc(NS(=O)(=O)c4cccc(NS(=O)(=O)c5cccc(C(=O)O)c5)c4)cc3)c2c1. The van der Waals surface area contributed by atoms with E-state index < -0.39 is 42.9 Å². The predicted octanol–water partition coefficient (Wildman–Crippen LogP) is 3.54. The second-order valence-corrected chi connectivity index (χ2v) is 13.7. The highest BCUT2D eigenvalue weighted by atomic mass is 32.2. The molecule has 0 aliphatic heterocycles. The number of nitrogens with zero attached hydrogens (tertiary/aromatic N) is 3. The Bertz CT molecular complexity index is 2380. The van der Waals surface area contributed by atoms with Crippen LogP contribution < -0.4 is 20.3 Å². The van der Waals surface area contributed by atoms with Gasteiger partial charge in [-0.05, 0) is 72.3 Å². The van der Waals surface area contributed by atoms with Crippen LogP contribution in [0, 0.1) is 10.1 Å². The second kappa shape index (κ2) is 13.9. The zero-order valence-electron chi connectivity index (χ0n) is 25.6. The molecule has 0 aliphatic rings. The molecule has 4 aromatic carbocycles. The number of ether oxygens (including phenoxy) is 1. The molecular formula is C30H25N7O11S2. The molecule has 258 valence electrons. The number of hydrazine groups is 1. The zero-order valence-corrected chi connectivity index (χ0v) is 27.2. The highest BCUT2D eigenvalue weighted by Gasteiger charge is 2.22. The van der Waals surface area contributed by atoms with Gasteiger partial charge in [0.05, 0.1) is 62.3 Å². The number of anilines is 3. The van der Waals surface area contributed by atoms with Crippen molar-refractivity contribution in [1.82, 2.24) is 15.2 Å². The molecule has 0 radical (unpaired) electrons. The molecule has 0 bridgehead atoms. The fourth-order valence-electron chi connectivity index (χ4n) is 4.57. The first-order valence-electron chi connectivity index (χ1n) is 14.0. The van der Waals surface area contributed by atoms with E-state index in [0.717, 1.165) is 23.0 Å². The lowest BCUT2D eigenvalue weighted by atomic mass is 10.1. The number of sulfonamides is 2. The lowest BCUT2D eigenvalue weighted by molar-refractivity contribution is -0.383. The summed E-state index contributed by atoms with van der Waals surface area (Å²) >= 11 is 0.